The van der Waals surface area contributed by atoms with E-state index in [0.29, 0.717) is 15.7 Å². The molecular formula is C18H12Cl2F3NO3. The summed E-state index contributed by atoms with van der Waals surface area (Å²) in [5.74, 6) is -1.51. The lowest BCUT2D eigenvalue weighted by molar-refractivity contribution is -0.142. The predicted molar refractivity (Wildman–Crippen MR) is 96.5 cm³/mol. The molecule has 1 amide bonds. The van der Waals surface area contributed by atoms with Gasteiger partial charge in [-0.25, -0.2) is 4.79 Å². The summed E-state index contributed by atoms with van der Waals surface area (Å²) in [5, 5.41) is 3.08. The number of alkyl halides is 3. The topological polar surface area (TPSA) is 55.4 Å². The first-order chi connectivity index (χ1) is 12.6. The largest absolute Gasteiger partial charge is 0.452 e. The van der Waals surface area contributed by atoms with E-state index in [9.17, 15) is 22.8 Å². The smallest absolute Gasteiger partial charge is 0.416 e. The third kappa shape index (κ3) is 6.96. The first-order valence-electron chi connectivity index (χ1n) is 7.41. The Hall–Kier alpha value is -2.51. The highest BCUT2D eigenvalue weighted by Gasteiger charge is 2.30. The van der Waals surface area contributed by atoms with Crippen LogP contribution in [0.5, 0.6) is 0 Å². The first kappa shape index (κ1) is 20.8. The molecule has 27 heavy (non-hydrogen) atoms. The van der Waals surface area contributed by atoms with Crippen molar-refractivity contribution in [1.82, 2.24) is 0 Å². The lowest BCUT2D eigenvalue weighted by Crippen LogP contribution is -2.20. The summed E-state index contributed by atoms with van der Waals surface area (Å²) >= 11 is 11.6. The van der Waals surface area contributed by atoms with Crippen LogP contribution in [0, 0.1) is 0 Å². The second-order valence-electron chi connectivity index (χ2n) is 5.27. The number of hydrogen-bond donors (Lipinski definition) is 1. The highest BCUT2D eigenvalue weighted by molar-refractivity contribution is 6.35. The average molecular weight is 418 g/mol. The highest BCUT2D eigenvalue weighted by atomic mass is 35.5. The third-order valence-corrected chi connectivity index (χ3v) is 3.55. The normalized spacial score (nSPS) is 11.4. The molecule has 2 rings (SSSR count). The minimum atomic E-state index is -4.48. The van der Waals surface area contributed by atoms with Crippen molar-refractivity contribution in [2.45, 2.75) is 6.18 Å². The number of carbonyl (C=O) groups excluding carboxylic acids is 2. The molecule has 0 aliphatic carbocycles. The van der Waals surface area contributed by atoms with Crippen molar-refractivity contribution in [2.75, 3.05) is 11.9 Å². The average Bonchev–Trinajstić information content (AvgIpc) is 2.56. The van der Waals surface area contributed by atoms with Gasteiger partial charge in [-0.05, 0) is 42.0 Å². The molecule has 0 unspecified atom stereocenters. The molecule has 0 aromatic heterocycles. The van der Waals surface area contributed by atoms with Gasteiger partial charge in [0.1, 0.15) is 0 Å². The number of esters is 1. The molecule has 2 aromatic carbocycles. The van der Waals surface area contributed by atoms with Crippen molar-refractivity contribution in [2.24, 2.45) is 0 Å². The Kier molecular flexibility index (Phi) is 6.87. The zero-order valence-electron chi connectivity index (χ0n) is 13.5. The molecule has 0 fully saturated rings. The van der Waals surface area contributed by atoms with E-state index in [1.165, 1.54) is 30.3 Å². The first-order valence-corrected chi connectivity index (χ1v) is 8.17. The van der Waals surface area contributed by atoms with Crippen LogP contribution >= 0.6 is 23.2 Å². The Morgan fingerprint density at radius 1 is 1.07 bits per heavy atom. The zero-order chi connectivity index (χ0) is 20.0. The summed E-state index contributed by atoms with van der Waals surface area (Å²) < 4.78 is 42.6. The maximum absolute atomic E-state index is 12.6. The van der Waals surface area contributed by atoms with Gasteiger partial charge < -0.3 is 10.1 Å². The van der Waals surface area contributed by atoms with E-state index >= 15 is 0 Å². The Morgan fingerprint density at radius 3 is 2.37 bits per heavy atom. The molecule has 0 aliphatic heterocycles. The predicted octanol–water partition coefficient (Wildman–Crippen LogP) is 5.21. The van der Waals surface area contributed by atoms with Crippen LogP contribution < -0.4 is 5.32 Å². The van der Waals surface area contributed by atoms with E-state index in [2.05, 4.69) is 5.32 Å². The zero-order valence-corrected chi connectivity index (χ0v) is 15.0. The van der Waals surface area contributed by atoms with Crippen molar-refractivity contribution in [3.05, 3.63) is 69.7 Å². The summed E-state index contributed by atoms with van der Waals surface area (Å²) in [7, 11) is 0. The van der Waals surface area contributed by atoms with Gasteiger partial charge in [0.2, 0.25) is 0 Å². The number of anilines is 1. The van der Waals surface area contributed by atoms with E-state index in [1.807, 2.05) is 0 Å². The molecule has 0 saturated heterocycles. The summed E-state index contributed by atoms with van der Waals surface area (Å²) in [5.41, 5.74) is -0.342. The molecule has 0 bridgehead atoms. The van der Waals surface area contributed by atoms with E-state index in [4.69, 9.17) is 27.9 Å². The van der Waals surface area contributed by atoms with Gasteiger partial charge in [0.25, 0.3) is 5.91 Å². The van der Waals surface area contributed by atoms with Crippen molar-refractivity contribution in [3.63, 3.8) is 0 Å². The van der Waals surface area contributed by atoms with Gasteiger partial charge in [0, 0.05) is 21.8 Å². The molecule has 142 valence electrons. The number of amides is 1. The van der Waals surface area contributed by atoms with Gasteiger partial charge in [-0.15, -0.1) is 0 Å². The summed E-state index contributed by atoms with van der Waals surface area (Å²) in [6, 6.07) is 8.83. The van der Waals surface area contributed by atoms with Crippen LogP contribution in [-0.2, 0) is 20.5 Å². The fourth-order valence-electron chi connectivity index (χ4n) is 1.99. The minimum absolute atomic E-state index is 0.166. The maximum Gasteiger partial charge on any atom is 0.416 e. The molecule has 1 N–H and O–H groups in total. The van der Waals surface area contributed by atoms with Gasteiger partial charge in [-0.2, -0.15) is 13.2 Å². The lowest BCUT2D eigenvalue weighted by Gasteiger charge is -2.07. The van der Waals surface area contributed by atoms with E-state index in [-0.39, 0.29) is 5.56 Å². The number of rotatable bonds is 5. The molecule has 4 nitrogen and oxygen atoms in total. The van der Waals surface area contributed by atoms with Crippen molar-refractivity contribution in [1.29, 1.82) is 0 Å². The van der Waals surface area contributed by atoms with Gasteiger partial charge in [-0.1, -0.05) is 35.3 Å². The summed E-state index contributed by atoms with van der Waals surface area (Å²) in [6.45, 7) is -0.587. The quantitative estimate of drug-likeness (QED) is 0.536. The number of carbonyl (C=O) groups is 2. The molecule has 0 saturated carbocycles. The Labute approximate surface area is 162 Å². The van der Waals surface area contributed by atoms with Crippen LogP contribution in [0.1, 0.15) is 11.1 Å². The van der Waals surface area contributed by atoms with Crippen molar-refractivity contribution >= 4 is 46.8 Å². The molecule has 9 heteroatoms. The van der Waals surface area contributed by atoms with E-state index < -0.39 is 30.2 Å². The number of ether oxygens (including phenoxy) is 1. The standard InChI is InChI=1S/C18H12Cl2F3NO3/c19-13-7-14(20)9-15(8-13)24-16(25)10-27-17(26)5-4-11-2-1-3-12(6-11)18(21,22)23/h1-9H,10H2,(H,24,25)/b5-4+. The Bertz CT molecular complexity index is 862. The third-order valence-electron chi connectivity index (χ3n) is 3.12. The van der Waals surface area contributed by atoms with E-state index in [1.54, 1.807) is 0 Å². The molecule has 0 aliphatic rings. The number of nitrogens with one attached hydrogen (secondary N) is 1. The van der Waals surface area contributed by atoms with Crippen LogP contribution in [0.25, 0.3) is 6.08 Å². The summed E-state index contributed by atoms with van der Waals surface area (Å²) in [4.78, 5) is 23.4. The SMILES string of the molecule is O=C(COC(=O)/C=C/c1cccc(C(F)(F)F)c1)Nc1cc(Cl)cc(Cl)c1. The van der Waals surface area contributed by atoms with Crippen LogP contribution in [0.2, 0.25) is 10.0 Å². The van der Waals surface area contributed by atoms with Crippen LogP contribution in [-0.4, -0.2) is 18.5 Å². The fraction of sp³-hybridized carbons (Fsp3) is 0.111. The number of hydrogen-bond acceptors (Lipinski definition) is 3. The van der Waals surface area contributed by atoms with Gasteiger partial charge in [-0.3, -0.25) is 4.79 Å². The summed E-state index contributed by atoms with van der Waals surface area (Å²) in [6.07, 6.45) is -2.39. The minimum Gasteiger partial charge on any atom is -0.452 e. The Balaban J connectivity index is 1.88. The highest BCUT2D eigenvalue weighted by Crippen LogP contribution is 2.29. The molecule has 2 aromatic rings. The van der Waals surface area contributed by atoms with Crippen molar-refractivity contribution < 1.29 is 27.5 Å². The van der Waals surface area contributed by atoms with E-state index in [0.717, 1.165) is 24.3 Å². The second kappa shape index (κ2) is 8.92. The maximum atomic E-state index is 12.6. The monoisotopic (exact) mass is 417 g/mol. The fourth-order valence-corrected chi connectivity index (χ4v) is 2.52. The second-order valence-corrected chi connectivity index (χ2v) is 6.14. The Morgan fingerprint density at radius 2 is 1.74 bits per heavy atom. The van der Waals surface area contributed by atoms with Crippen molar-refractivity contribution in [3.8, 4) is 0 Å². The van der Waals surface area contributed by atoms with Crippen LogP contribution in [0.4, 0.5) is 18.9 Å². The number of halogens is 5. The molecule has 0 atom stereocenters. The molecule has 0 radical (unpaired) electrons. The lowest BCUT2D eigenvalue weighted by atomic mass is 10.1. The number of benzene rings is 2. The van der Waals surface area contributed by atoms with Crippen LogP contribution in [0.15, 0.2) is 48.5 Å². The molecule has 0 spiro atoms. The molecule has 0 heterocycles. The van der Waals surface area contributed by atoms with Gasteiger partial charge >= 0.3 is 12.1 Å². The van der Waals surface area contributed by atoms with Gasteiger partial charge in [0.05, 0.1) is 5.56 Å². The molecular weight excluding hydrogens is 406 g/mol. The van der Waals surface area contributed by atoms with Crippen LogP contribution in [0.3, 0.4) is 0 Å². The van der Waals surface area contributed by atoms with Gasteiger partial charge in [0.15, 0.2) is 6.61 Å².